The molecule has 0 saturated carbocycles. The number of halogens is 4. The maximum Gasteiger partial charge on any atom is 0.440 e. The molecule has 10 heteroatoms. The van der Waals surface area contributed by atoms with E-state index in [1.54, 1.807) is 16.7 Å². The second-order valence-electron chi connectivity index (χ2n) is 6.02. The molecule has 6 nitrogen and oxygen atoms in total. The smallest absolute Gasteiger partial charge is 0.314 e. The molecular formula is C18H13F4N3O3. The summed E-state index contributed by atoms with van der Waals surface area (Å²) in [6.07, 6.45) is -5.30. The largest absolute Gasteiger partial charge is 0.440 e. The van der Waals surface area contributed by atoms with Gasteiger partial charge in [0.05, 0.1) is 6.54 Å². The van der Waals surface area contributed by atoms with Gasteiger partial charge in [-0.15, -0.1) is 0 Å². The van der Waals surface area contributed by atoms with Gasteiger partial charge in [0, 0.05) is 5.56 Å². The number of benzene rings is 2. The van der Waals surface area contributed by atoms with Gasteiger partial charge in [-0.2, -0.15) is 13.2 Å². The number of alkyl halides is 3. The molecule has 1 fully saturated rings. The van der Waals surface area contributed by atoms with Gasteiger partial charge in [0.15, 0.2) is 0 Å². The highest BCUT2D eigenvalue weighted by Crippen LogP contribution is 2.34. The molecule has 0 unspecified atom stereocenters. The molecule has 0 aliphatic carbocycles. The molecule has 2 N–H and O–H groups in total. The van der Waals surface area contributed by atoms with Crippen LogP contribution in [0.5, 0.6) is 0 Å². The number of carbonyl (C=O) groups is 3. The van der Waals surface area contributed by atoms with Gasteiger partial charge in [-0.3, -0.25) is 19.8 Å². The Bertz CT molecular complexity index is 916. The summed E-state index contributed by atoms with van der Waals surface area (Å²) < 4.78 is 54.2. The van der Waals surface area contributed by atoms with Crippen LogP contribution in [0.1, 0.15) is 15.9 Å². The lowest BCUT2D eigenvalue weighted by molar-refractivity contribution is -0.200. The minimum atomic E-state index is -5.30. The summed E-state index contributed by atoms with van der Waals surface area (Å²) in [5.41, 5.74) is -3.49. The Labute approximate surface area is 156 Å². The van der Waals surface area contributed by atoms with Gasteiger partial charge < -0.3 is 5.32 Å². The van der Waals surface area contributed by atoms with Gasteiger partial charge in [-0.25, -0.2) is 9.18 Å². The molecule has 4 amide bonds. The van der Waals surface area contributed by atoms with Crippen molar-refractivity contribution < 1.29 is 31.9 Å². The number of hydrogen-bond donors (Lipinski definition) is 2. The number of imide groups is 1. The van der Waals surface area contributed by atoms with Gasteiger partial charge >= 0.3 is 12.2 Å². The zero-order chi connectivity index (χ0) is 20.5. The topological polar surface area (TPSA) is 78.5 Å². The molecule has 2 aromatic carbocycles. The summed E-state index contributed by atoms with van der Waals surface area (Å²) in [6, 6.07) is 10.2. The number of carbonyl (C=O) groups excluding carboxylic acids is 3. The summed E-state index contributed by atoms with van der Waals surface area (Å²) in [5.74, 6) is -3.45. The third kappa shape index (κ3) is 3.40. The Morgan fingerprint density at radius 1 is 1.04 bits per heavy atom. The number of nitrogens with zero attached hydrogens (tertiary/aromatic N) is 1. The van der Waals surface area contributed by atoms with Crippen molar-refractivity contribution in [1.29, 1.82) is 0 Å². The van der Waals surface area contributed by atoms with Crippen molar-refractivity contribution in [3.8, 4) is 0 Å². The molecule has 0 spiro atoms. The van der Waals surface area contributed by atoms with E-state index in [0.29, 0.717) is 4.90 Å². The van der Waals surface area contributed by atoms with Crippen LogP contribution in [-0.4, -0.2) is 34.6 Å². The molecule has 0 radical (unpaired) electrons. The Morgan fingerprint density at radius 3 is 2.21 bits per heavy atom. The van der Waals surface area contributed by atoms with Crippen molar-refractivity contribution in [2.24, 2.45) is 0 Å². The molecule has 1 aliphatic heterocycles. The van der Waals surface area contributed by atoms with E-state index in [4.69, 9.17) is 0 Å². The lowest BCUT2D eigenvalue weighted by Crippen LogP contribution is -2.69. The van der Waals surface area contributed by atoms with Crippen LogP contribution >= 0.6 is 0 Å². The van der Waals surface area contributed by atoms with Gasteiger partial charge in [-0.1, -0.05) is 30.3 Å². The van der Waals surface area contributed by atoms with E-state index in [1.807, 2.05) is 0 Å². The molecule has 1 saturated heterocycles. The summed E-state index contributed by atoms with van der Waals surface area (Å²) in [4.78, 5) is 37.2. The lowest BCUT2D eigenvalue weighted by Gasteiger charge is -2.29. The minimum absolute atomic E-state index is 0.120. The van der Waals surface area contributed by atoms with Gasteiger partial charge in [0.2, 0.25) is 0 Å². The zero-order valence-corrected chi connectivity index (χ0v) is 14.1. The molecule has 1 atom stereocenters. The average Bonchev–Trinajstić information content (AvgIpc) is 2.89. The number of urea groups is 1. The Balaban J connectivity index is 1.91. The maximum absolute atomic E-state index is 13.8. The quantitative estimate of drug-likeness (QED) is 0.617. The van der Waals surface area contributed by atoms with Crippen molar-refractivity contribution in [2.45, 2.75) is 18.4 Å². The lowest BCUT2D eigenvalue weighted by atomic mass is 10.1. The highest BCUT2D eigenvalue weighted by Gasteiger charge is 2.68. The first-order chi connectivity index (χ1) is 13.1. The fourth-order valence-electron chi connectivity index (χ4n) is 2.67. The van der Waals surface area contributed by atoms with Gasteiger partial charge in [0.25, 0.3) is 17.5 Å². The van der Waals surface area contributed by atoms with E-state index in [0.717, 1.165) is 12.1 Å². The second-order valence-corrected chi connectivity index (χ2v) is 6.02. The van der Waals surface area contributed by atoms with E-state index in [1.165, 1.54) is 36.4 Å². The van der Waals surface area contributed by atoms with E-state index in [-0.39, 0.29) is 11.1 Å². The van der Waals surface area contributed by atoms with Gasteiger partial charge in [0.1, 0.15) is 5.82 Å². The molecule has 2 aromatic rings. The minimum Gasteiger partial charge on any atom is -0.314 e. The molecule has 1 aliphatic rings. The fourth-order valence-corrected chi connectivity index (χ4v) is 2.67. The average molecular weight is 395 g/mol. The van der Waals surface area contributed by atoms with Crippen LogP contribution in [0.25, 0.3) is 0 Å². The van der Waals surface area contributed by atoms with Crippen molar-refractivity contribution in [1.82, 2.24) is 15.5 Å². The first-order valence-corrected chi connectivity index (χ1v) is 7.97. The van der Waals surface area contributed by atoms with E-state index in [2.05, 4.69) is 0 Å². The van der Waals surface area contributed by atoms with E-state index >= 15 is 0 Å². The second kappa shape index (κ2) is 6.95. The maximum atomic E-state index is 13.8. The van der Waals surface area contributed by atoms with Crippen LogP contribution in [0, 0.1) is 5.82 Å². The number of amides is 4. The van der Waals surface area contributed by atoms with Crippen LogP contribution in [-0.2, 0) is 11.3 Å². The first kappa shape index (κ1) is 19.3. The third-order valence-electron chi connectivity index (χ3n) is 4.12. The predicted molar refractivity (Wildman–Crippen MR) is 88.2 cm³/mol. The standard InChI is InChI=1S/C18H13F4N3O3/c19-13-8-6-11(7-9-13)10-25-15(27)17(18(20,21)22,24-16(25)28)23-14(26)12-4-2-1-3-5-12/h1-9H,10H2,(H,23,26)(H,24,28)/t17-/m1/s1. The van der Waals surface area contributed by atoms with E-state index < -0.39 is 42.0 Å². The summed E-state index contributed by atoms with van der Waals surface area (Å²) in [7, 11) is 0. The molecule has 3 rings (SSSR count). The van der Waals surface area contributed by atoms with E-state index in [9.17, 15) is 31.9 Å². The molecule has 0 bridgehead atoms. The van der Waals surface area contributed by atoms with Crippen molar-refractivity contribution in [3.05, 3.63) is 71.5 Å². The molecule has 146 valence electrons. The summed E-state index contributed by atoms with van der Waals surface area (Å²) in [5, 5.41) is 3.15. The van der Waals surface area contributed by atoms with Crippen LogP contribution in [0.3, 0.4) is 0 Å². The molecule has 28 heavy (non-hydrogen) atoms. The zero-order valence-electron chi connectivity index (χ0n) is 14.1. The number of rotatable bonds is 4. The number of hydrogen-bond acceptors (Lipinski definition) is 3. The highest BCUT2D eigenvalue weighted by molar-refractivity contribution is 6.10. The molecular weight excluding hydrogens is 382 g/mol. The SMILES string of the molecule is O=C(N[C@@]1(C(F)(F)F)NC(=O)N(Cc2ccc(F)cc2)C1=O)c1ccccc1. The number of nitrogens with one attached hydrogen (secondary N) is 2. The fraction of sp³-hybridized carbons (Fsp3) is 0.167. The van der Waals surface area contributed by atoms with Crippen LogP contribution in [0.2, 0.25) is 0 Å². The van der Waals surface area contributed by atoms with Crippen LogP contribution in [0.15, 0.2) is 54.6 Å². The summed E-state index contributed by atoms with van der Waals surface area (Å²) in [6.45, 7) is -0.524. The van der Waals surface area contributed by atoms with Gasteiger partial charge in [-0.05, 0) is 29.8 Å². The molecule has 1 heterocycles. The third-order valence-corrected chi connectivity index (χ3v) is 4.12. The molecule has 0 aromatic heterocycles. The Morgan fingerprint density at radius 2 is 1.64 bits per heavy atom. The van der Waals surface area contributed by atoms with Crippen LogP contribution < -0.4 is 10.6 Å². The highest BCUT2D eigenvalue weighted by atomic mass is 19.4. The van der Waals surface area contributed by atoms with Crippen molar-refractivity contribution >= 4 is 17.8 Å². The predicted octanol–water partition coefficient (Wildman–Crippen LogP) is 2.57. The Kier molecular flexibility index (Phi) is 4.80. The Hall–Kier alpha value is -3.43. The summed E-state index contributed by atoms with van der Waals surface area (Å²) >= 11 is 0. The first-order valence-electron chi connectivity index (χ1n) is 7.97. The van der Waals surface area contributed by atoms with Crippen molar-refractivity contribution in [2.75, 3.05) is 0 Å². The van der Waals surface area contributed by atoms with Crippen LogP contribution in [0.4, 0.5) is 22.4 Å². The monoisotopic (exact) mass is 395 g/mol. The normalized spacial score (nSPS) is 19.5. The van der Waals surface area contributed by atoms with Crippen molar-refractivity contribution in [3.63, 3.8) is 0 Å².